The number of hydrogen-bond acceptors (Lipinski definition) is 4. The second-order valence-corrected chi connectivity index (χ2v) is 7.88. The molecule has 0 spiro atoms. The quantitative estimate of drug-likeness (QED) is 0.670. The standard InChI is InChI=1S/C23H29N5O/c1-2-11-28-14-10-25-22(28)17-27-12-7-18(8-13-27)16-26-23(29)20-5-6-21-19(15-20)4-3-9-24-21/h3-6,9-10,14-15,18H,2,7-8,11-13,16-17H2,1H3,(H,26,29). The number of aryl methyl sites for hydroxylation is 1. The van der Waals surface area contributed by atoms with Crippen LogP contribution in [-0.4, -0.2) is 45.0 Å². The Hall–Kier alpha value is -2.73. The number of aromatic nitrogens is 3. The monoisotopic (exact) mass is 391 g/mol. The summed E-state index contributed by atoms with van der Waals surface area (Å²) in [6, 6.07) is 9.56. The fourth-order valence-electron chi connectivity index (χ4n) is 4.04. The molecule has 1 aliphatic rings. The number of hydrogen-bond donors (Lipinski definition) is 1. The van der Waals surface area contributed by atoms with E-state index in [1.807, 2.05) is 36.5 Å². The summed E-state index contributed by atoms with van der Waals surface area (Å²) in [6.45, 7) is 6.99. The van der Waals surface area contributed by atoms with E-state index < -0.39 is 0 Å². The van der Waals surface area contributed by atoms with Gasteiger partial charge in [-0.15, -0.1) is 0 Å². The van der Waals surface area contributed by atoms with E-state index in [1.165, 1.54) is 0 Å². The number of nitrogens with zero attached hydrogens (tertiary/aromatic N) is 4. The number of benzene rings is 1. The van der Waals surface area contributed by atoms with Gasteiger partial charge in [-0.1, -0.05) is 13.0 Å². The summed E-state index contributed by atoms with van der Waals surface area (Å²) in [4.78, 5) is 23.9. The SMILES string of the molecule is CCCn1ccnc1CN1CCC(CNC(=O)c2ccc3ncccc3c2)CC1. The lowest BCUT2D eigenvalue weighted by Crippen LogP contribution is -2.38. The summed E-state index contributed by atoms with van der Waals surface area (Å²) in [5.41, 5.74) is 1.61. The molecule has 0 radical (unpaired) electrons. The first-order valence-corrected chi connectivity index (χ1v) is 10.6. The Morgan fingerprint density at radius 3 is 2.86 bits per heavy atom. The van der Waals surface area contributed by atoms with Gasteiger partial charge < -0.3 is 9.88 Å². The van der Waals surface area contributed by atoms with Crippen LogP contribution in [-0.2, 0) is 13.1 Å². The van der Waals surface area contributed by atoms with Crippen molar-refractivity contribution in [3.63, 3.8) is 0 Å². The lowest BCUT2D eigenvalue weighted by Gasteiger charge is -2.31. The molecule has 0 saturated carbocycles. The maximum Gasteiger partial charge on any atom is 0.251 e. The fraction of sp³-hybridized carbons (Fsp3) is 0.435. The molecule has 1 saturated heterocycles. The van der Waals surface area contributed by atoms with Gasteiger partial charge in [0.15, 0.2) is 0 Å². The third kappa shape index (κ3) is 4.82. The normalized spacial score (nSPS) is 15.6. The molecule has 29 heavy (non-hydrogen) atoms. The molecule has 4 rings (SSSR count). The highest BCUT2D eigenvalue weighted by Gasteiger charge is 2.21. The lowest BCUT2D eigenvalue weighted by molar-refractivity contribution is 0.0934. The van der Waals surface area contributed by atoms with Crippen LogP contribution in [0.4, 0.5) is 0 Å². The molecule has 1 amide bonds. The Labute approximate surface area is 172 Å². The summed E-state index contributed by atoms with van der Waals surface area (Å²) in [6.07, 6.45) is 9.08. The first-order valence-electron chi connectivity index (χ1n) is 10.6. The van der Waals surface area contributed by atoms with Crippen LogP contribution in [0.15, 0.2) is 48.9 Å². The second kappa shape index (κ2) is 9.18. The molecule has 1 aromatic carbocycles. The first kappa shape index (κ1) is 19.6. The van der Waals surface area contributed by atoms with Gasteiger partial charge in [0.25, 0.3) is 5.91 Å². The molecule has 3 aromatic rings. The van der Waals surface area contributed by atoms with Crippen LogP contribution in [0.2, 0.25) is 0 Å². The molecule has 0 atom stereocenters. The molecular weight excluding hydrogens is 362 g/mol. The molecule has 0 unspecified atom stereocenters. The number of carbonyl (C=O) groups excluding carboxylic acids is 1. The molecular formula is C23H29N5O. The van der Waals surface area contributed by atoms with Crippen LogP contribution in [0, 0.1) is 5.92 Å². The van der Waals surface area contributed by atoms with Gasteiger partial charge in [-0.2, -0.15) is 0 Å². The summed E-state index contributed by atoms with van der Waals surface area (Å²) >= 11 is 0. The topological polar surface area (TPSA) is 63.1 Å². The largest absolute Gasteiger partial charge is 0.352 e. The van der Waals surface area contributed by atoms with Crippen molar-refractivity contribution in [3.05, 3.63) is 60.3 Å². The van der Waals surface area contributed by atoms with Crippen molar-refractivity contribution in [2.45, 2.75) is 39.3 Å². The van der Waals surface area contributed by atoms with Gasteiger partial charge in [-0.3, -0.25) is 14.7 Å². The Kier molecular flexibility index (Phi) is 6.20. The average molecular weight is 392 g/mol. The van der Waals surface area contributed by atoms with Gasteiger partial charge in [0.1, 0.15) is 5.82 Å². The number of amides is 1. The first-order chi connectivity index (χ1) is 14.2. The third-order valence-electron chi connectivity index (χ3n) is 5.75. The van der Waals surface area contributed by atoms with Crippen LogP contribution in [0.5, 0.6) is 0 Å². The Balaban J connectivity index is 1.25. The van der Waals surface area contributed by atoms with Gasteiger partial charge in [-0.25, -0.2) is 4.98 Å². The minimum atomic E-state index is -0.000208. The molecule has 1 N–H and O–H groups in total. The summed E-state index contributed by atoms with van der Waals surface area (Å²) in [5, 5.41) is 4.12. The van der Waals surface area contributed by atoms with Crippen molar-refractivity contribution < 1.29 is 4.79 Å². The highest BCUT2D eigenvalue weighted by molar-refractivity contribution is 5.97. The maximum atomic E-state index is 12.6. The smallest absolute Gasteiger partial charge is 0.251 e. The van der Waals surface area contributed by atoms with Gasteiger partial charge in [0.05, 0.1) is 12.1 Å². The average Bonchev–Trinajstić information content (AvgIpc) is 3.19. The van der Waals surface area contributed by atoms with E-state index in [4.69, 9.17) is 0 Å². The van der Waals surface area contributed by atoms with E-state index in [9.17, 15) is 4.79 Å². The zero-order valence-electron chi connectivity index (χ0n) is 17.1. The number of fused-ring (bicyclic) bond motifs is 1. The van der Waals surface area contributed by atoms with Crippen LogP contribution in [0.3, 0.4) is 0 Å². The Bertz CT molecular complexity index is 959. The van der Waals surface area contributed by atoms with Crippen molar-refractivity contribution >= 4 is 16.8 Å². The van der Waals surface area contributed by atoms with Crippen molar-refractivity contribution in [2.75, 3.05) is 19.6 Å². The van der Waals surface area contributed by atoms with Crippen molar-refractivity contribution in [1.29, 1.82) is 0 Å². The van der Waals surface area contributed by atoms with Crippen molar-refractivity contribution in [2.24, 2.45) is 5.92 Å². The van der Waals surface area contributed by atoms with E-state index in [1.54, 1.807) is 6.20 Å². The predicted octanol–water partition coefficient (Wildman–Crippen LogP) is 3.48. The predicted molar refractivity (Wildman–Crippen MR) is 115 cm³/mol. The van der Waals surface area contributed by atoms with E-state index in [0.29, 0.717) is 11.5 Å². The Morgan fingerprint density at radius 2 is 2.03 bits per heavy atom. The molecule has 152 valence electrons. The number of pyridine rings is 1. The van der Waals surface area contributed by atoms with Crippen LogP contribution < -0.4 is 5.32 Å². The molecule has 6 heteroatoms. The van der Waals surface area contributed by atoms with E-state index in [2.05, 4.69) is 37.9 Å². The molecule has 0 aliphatic carbocycles. The highest BCUT2D eigenvalue weighted by Crippen LogP contribution is 2.19. The number of nitrogens with one attached hydrogen (secondary N) is 1. The van der Waals surface area contributed by atoms with E-state index >= 15 is 0 Å². The zero-order valence-corrected chi connectivity index (χ0v) is 17.1. The number of rotatable bonds is 7. The zero-order chi connectivity index (χ0) is 20.1. The van der Waals surface area contributed by atoms with Gasteiger partial charge >= 0.3 is 0 Å². The lowest BCUT2D eigenvalue weighted by atomic mass is 9.96. The van der Waals surface area contributed by atoms with Crippen LogP contribution in [0.25, 0.3) is 10.9 Å². The van der Waals surface area contributed by atoms with E-state index in [-0.39, 0.29) is 5.91 Å². The Morgan fingerprint density at radius 1 is 1.17 bits per heavy atom. The fourth-order valence-corrected chi connectivity index (χ4v) is 4.04. The number of imidazole rings is 1. The van der Waals surface area contributed by atoms with Crippen molar-refractivity contribution in [3.8, 4) is 0 Å². The number of piperidine rings is 1. The molecule has 1 aliphatic heterocycles. The minimum absolute atomic E-state index is 0.000208. The number of likely N-dealkylation sites (tertiary alicyclic amines) is 1. The molecule has 3 heterocycles. The molecule has 6 nitrogen and oxygen atoms in total. The summed E-state index contributed by atoms with van der Waals surface area (Å²) in [7, 11) is 0. The summed E-state index contributed by atoms with van der Waals surface area (Å²) < 4.78 is 2.26. The van der Waals surface area contributed by atoms with Gasteiger partial charge in [0.2, 0.25) is 0 Å². The molecule has 2 aromatic heterocycles. The maximum absolute atomic E-state index is 12.6. The second-order valence-electron chi connectivity index (χ2n) is 7.88. The van der Waals surface area contributed by atoms with Gasteiger partial charge in [0, 0.05) is 42.6 Å². The number of carbonyl (C=O) groups is 1. The van der Waals surface area contributed by atoms with Crippen molar-refractivity contribution in [1.82, 2.24) is 24.8 Å². The highest BCUT2D eigenvalue weighted by atomic mass is 16.1. The van der Waals surface area contributed by atoms with Gasteiger partial charge in [-0.05, 0) is 62.5 Å². The van der Waals surface area contributed by atoms with E-state index in [0.717, 1.165) is 68.7 Å². The van der Waals surface area contributed by atoms with Crippen LogP contribution in [0.1, 0.15) is 42.4 Å². The third-order valence-corrected chi connectivity index (χ3v) is 5.75. The molecule has 1 fully saturated rings. The van der Waals surface area contributed by atoms with Crippen LogP contribution >= 0.6 is 0 Å². The molecule has 0 bridgehead atoms. The summed E-state index contributed by atoms with van der Waals surface area (Å²) in [5.74, 6) is 1.69. The minimum Gasteiger partial charge on any atom is -0.352 e.